The Labute approximate surface area is 226 Å². The molecule has 0 unspecified atom stereocenters. The molecule has 0 aliphatic heterocycles. The maximum absolute atomic E-state index is 13.6. The van der Waals surface area contributed by atoms with Gasteiger partial charge in [-0.3, -0.25) is 19.0 Å². The van der Waals surface area contributed by atoms with Gasteiger partial charge in [-0.1, -0.05) is 22.8 Å². The first-order valence-electron chi connectivity index (χ1n) is 12.2. The second-order valence-corrected chi connectivity index (χ2v) is 9.88. The lowest BCUT2D eigenvalue weighted by Crippen LogP contribution is -2.13. The quantitative estimate of drug-likeness (QED) is 0.272. The molecule has 0 radical (unpaired) electrons. The number of nitrogens with one attached hydrogen (secondary N) is 2. The molecule has 196 valence electrons. The Kier molecular flexibility index (Phi) is 5.84. The number of benzene rings is 2. The van der Waals surface area contributed by atoms with Crippen LogP contribution < -0.4 is 16.5 Å². The molecule has 0 saturated carbocycles. The molecular formula is C28H23ClN6O4. The molecule has 6 rings (SSSR count). The first kappa shape index (κ1) is 24.6. The van der Waals surface area contributed by atoms with Gasteiger partial charge in [0.05, 0.1) is 28.8 Å². The minimum Gasteiger partial charge on any atom is -0.455 e. The van der Waals surface area contributed by atoms with E-state index < -0.39 is 5.76 Å². The fourth-order valence-electron chi connectivity index (χ4n) is 4.84. The summed E-state index contributed by atoms with van der Waals surface area (Å²) in [5.74, 6) is -0.0595. The summed E-state index contributed by atoms with van der Waals surface area (Å²) in [5, 5.41) is 13.1. The van der Waals surface area contributed by atoms with Gasteiger partial charge in [-0.05, 0) is 62.7 Å². The predicted octanol–water partition coefficient (Wildman–Crippen LogP) is 5.53. The van der Waals surface area contributed by atoms with Gasteiger partial charge in [-0.2, -0.15) is 5.10 Å². The minimum atomic E-state index is -0.704. The average Bonchev–Trinajstić information content (AvgIpc) is 3.52. The van der Waals surface area contributed by atoms with Crippen molar-refractivity contribution in [2.75, 3.05) is 5.32 Å². The summed E-state index contributed by atoms with van der Waals surface area (Å²) in [4.78, 5) is 32.0. The molecule has 1 atom stereocenters. The number of nitrogens with zero attached hydrogens (tertiary/aromatic N) is 4. The van der Waals surface area contributed by atoms with Gasteiger partial charge in [0.15, 0.2) is 5.43 Å². The Morgan fingerprint density at radius 2 is 1.92 bits per heavy atom. The van der Waals surface area contributed by atoms with Crippen LogP contribution in [0.1, 0.15) is 29.7 Å². The van der Waals surface area contributed by atoms with Crippen LogP contribution in [-0.4, -0.2) is 24.9 Å². The fourth-order valence-corrected chi connectivity index (χ4v) is 4.99. The predicted molar refractivity (Wildman–Crippen MR) is 149 cm³/mol. The number of pyridine rings is 1. The standard InChI is InChI=1S/C28H23ClN6O4/c1-13-9-18(15(3)31-20-6-8-22(29)32-23(20)27-33-28(37)39-34-27)26-19(10-13)24(36)14(2)25(38-26)16-5-7-21-17(11-16)12-30-35(21)4/h5-12,15,31H,1-4H3,(H,33,34,37)/t15-/m1/s1. The van der Waals surface area contributed by atoms with Gasteiger partial charge in [-0.15, -0.1) is 0 Å². The van der Waals surface area contributed by atoms with E-state index in [0.717, 1.165) is 27.6 Å². The molecule has 6 aromatic rings. The summed E-state index contributed by atoms with van der Waals surface area (Å²) in [6.45, 7) is 5.66. The summed E-state index contributed by atoms with van der Waals surface area (Å²) in [6.07, 6.45) is 1.79. The number of hydrogen-bond acceptors (Lipinski definition) is 8. The van der Waals surface area contributed by atoms with Crippen LogP contribution >= 0.6 is 11.6 Å². The van der Waals surface area contributed by atoms with E-state index in [1.165, 1.54) is 0 Å². The number of fused-ring (bicyclic) bond motifs is 2. The van der Waals surface area contributed by atoms with Crippen molar-refractivity contribution in [2.24, 2.45) is 7.05 Å². The van der Waals surface area contributed by atoms with Crippen molar-refractivity contribution in [2.45, 2.75) is 26.8 Å². The maximum Gasteiger partial charge on any atom is 0.439 e. The van der Waals surface area contributed by atoms with Crippen molar-refractivity contribution in [3.63, 3.8) is 0 Å². The summed E-state index contributed by atoms with van der Waals surface area (Å²) in [7, 11) is 1.88. The molecule has 0 aliphatic rings. The molecule has 0 spiro atoms. The van der Waals surface area contributed by atoms with Gasteiger partial charge in [0.1, 0.15) is 22.2 Å². The van der Waals surface area contributed by atoms with Crippen molar-refractivity contribution >= 4 is 39.2 Å². The first-order chi connectivity index (χ1) is 18.7. The van der Waals surface area contributed by atoms with E-state index in [2.05, 4.69) is 30.1 Å². The number of aromatic amines is 1. The van der Waals surface area contributed by atoms with Crippen molar-refractivity contribution in [3.05, 3.63) is 91.3 Å². The molecule has 2 N–H and O–H groups in total. The molecule has 2 aromatic carbocycles. The van der Waals surface area contributed by atoms with E-state index in [-0.39, 0.29) is 22.4 Å². The van der Waals surface area contributed by atoms with E-state index in [0.29, 0.717) is 33.7 Å². The van der Waals surface area contributed by atoms with Crippen LogP contribution in [0.3, 0.4) is 0 Å². The molecule has 0 amide bonds. The topological polar surface area (TPSA) is 132 Å². The van der Waals surface area contributed by atoms with Crippen LogP contribution in [0.25, 0.3) is 44.7 Å². The van der Waals surface area contributed by atoms with Crippen LogP contribution in [0.4, 0.5) is 5.69 Å². The number of hydrogen-bond donors (Lipinski definition) is 2. The lowest BCUT2D eigenvalue weighted by atomic mass is 9.98. The molecule has 0 bridgehead atoms. The number of rotatable bonds is 5. The SMILES string of the molecule is Cc1cc([C@@H](C)Nc2ccc(Cl)nc2-c2noc(=O)[nH]2)c2oc(-c3ccc4c(cnn4C)c3)c(C)c(=O)c2c1. The lowest BCUT2D eigenvalue weighted by molar-refractivity contribution is 0.388. The molecule has 39 heavy (non-hydrogen) atoms. The highest BCUT2D eigenvalue weighted by Gasteiger charge is 2.21. The van der Waals surface area contributed by atoms with Crippen molar-refractivity contribution in [3.8, 4) is 22.8 Å². The zero-order valence-electron chi connectivity index (χ0n) is 21.5. The summed E-state index contributed by atoms with van der Waals surface area (Å²) >= 11 is 6.13. The number of anilines is 1. The Morgan fingerprint density at radius 1 is 1.10 bits per heavy atom. The van der Waals surface area contributed by atoms with Crippen molar-refractivity contribution in [1.29, 1.82) is 0 Å². The zero-order chi connectivity index (χ0) is 27.4. The third-order valence-electron chi connectivity index (χ3n) is 6.76. The van der Waals surface area contributed by atoms with Gasteiger partial charge in [0.25, 0.3) is 0 Å². The number of aryl methyl sites for hydroxylation is 2. The molecule has 0 fully saturated rings. The monoisotopic (exact) mass is 542 g/mol. The van der Waals surface area contributed by atoms with Gasteiger partial charge >= 0.3 is 5.76 Å². The summed E-state index contributed by atoms with van der Waals surface area (Å²) in [5.41, 5.74) is 5.26. The third-order valence-corrected chi connectivity index (χ3v) is 6.98. The minimum absolute atomic E-state index is 0.0938. The van der Waals surface area contributed by atoms with Crippen molar-refractivity contribution < 1.29 is 8.94 Å². The van der Waals surface area contributed by atoms with E-state index in [1.807, 2.05) is 51.2 Å². The Bertz CT molecular complexity index is 2020. The average molecular weight is 543 g/mol. The highest BCUT2D eigenvalue weighted by Crippen LogP contribution is 2.34. The summed E-state index contributed by atoms with van der Waals surface area (Å²) in [6, 6.07) is 12.7. The number of H-pyrrole nitrogens is 1. The number of aromatic nitrogens is 5. The first-order valence-corrected chi connectivity index (χ1v) is 12.6. The van der Waals surface area contributed by atoms with Crippen LogP contribution in [0, 0.1) is 13.8 Å². The van der Waals surface area contributed by atoms with Gasteiger partial charge < -0.3 is 9.73 Å². The van der Waals surface area contributed by atoms with E-state index >= 15 is 0 Å². The van der Waals surface area contributed by atoms with Crippen LogP contribution in [0.5, 0.6) is 0 Å². The Hall–Kier alpha value is -4.70. The normalized spacial score (nSPS) is 12.3. The molecule has 10 nitrogen and oxygen atoms in total. The summed E-state index contributed by atoms with van der Waals surface area (Å²) < 4.78 is 13.0. The molecule has 0 saturated heterocycles. The highest BCUT2D eigenvalue weighted by molar-refractivity contribution is 6.29. The molecule has 4 aromatic heterocycles. The Balaban J connectivity index is 1.49. The van der Waals surface area contributed by atoms with Crippen LogP contribution in [-0.2, 0) is 7.05 Å². The lowest BCUT2D eigenvalue weighted by Gasteiger charge is -2.20. The molecule has 0 aliphatic carbocycles. The van der Waals surface area contributed by atoms with Gasteiger partial charge in [-0.25, -0.2) is 9.78 Å². The number of halogens is 1. The second kappa shape index (κ2) is 9.25. The second-order valence-electron chi connectivity index (χ2n) is 9.50. The fraction of sp³-hybridized carbons (Fsp3) is 0.179. The van der Waals surface area contributed by atoms with E-state index in [9.17, 15) is 9.59 Å². The smallest absolute Gasteiger partial charge is 0.439 e. The van der Waals surface area contributed by atoms with Gasteiger partial charge in [0.2, 0.25) is 5.82 Å². The maximum atomic E-state index is 13.6. The highest BCUT2D eigenvalue weighted by atomic mass is 35.5. The van der Waals surface area contributed by atoms with Crippen LogP contribution in [0.2, 0.25) is 5.15 Å². The Morgan fingerprint density at radius 3 is 2.69 bits per heavy atom. The van der Waals surface area contributed by atoms with Crippen LogP contribution in [0.15, 0.2) is 67.2 Å². The largest absolute Gasteiger partial charge is 0.455 e. The molecular weight excluding hydrogens is 520 g/mol. The van der Waals surface area contributed by atoms with Gasteiger partial charge in [0, 0.05) is 29.1 Å². The third kappa shape index (κ3) is 4.28. The van der Waals surface area contributed by atoms with E-state index in [1.54, 1.807) is 29.9 Å². The zero-order valence-corrected chi connectivity index (χ0v) is 22.3. The molecule has 4 heterocycles. The van der Waals surface area contributed by atoms with E-state index in [4.69, 9.17) is 16.0 Å². The molecule has 11 heteroatoms. The van der Waals surface area contributed by atoms with Crippen molar-refractivity contribution in [1.82, 2.24) is 24.9 Å².